The monoisotopic (exact) mass is 333 g/mol. The fourth-order valence-electron chi connectivity index (χ4n) is 2.04. The van der Waals surface area contributed by atoms with Crippen molar-refractivity contribution in [3.8, 4) is 0 Å². The number of hydrogen-bond acceptors (Lipinski definition) is 4. The number of hydrogen-bond donors (Lipinski definition) is 2. The van der Waals surface area contributed by atoms with Gasteiger partial charge in [0.1, 0.15) is 16.2 Å². The van der Waals surface area contributed by atoms with Crippen LogP contribution >= 0.6 is 15.9 Å². The highest BCUT2D eigenvalue weighted by molar-refractivity contribution is 9.10. The van der Waals surface area contributed by atoms with Crippen molar-refractivity contribution in [1.29, 1.82) is 0 Å². The van der Waals surface area contributed by atoms with Gasteiger partial charge in [-0.15, -0.1) is 0 Å². The molecule has 0 saturated heterocycles. The molecule has 0 bridgehead atoms. The Kier molecular flexibility index (Phi) is 3.98. The van der Waals surface area contributed by atoms with Crippen molar-refractivity contribution in [2.75, 3.05) is 11.9 Å². The molecule has 4 nitrogen and oxygen atoms in total. The molecule has 5 heteroatoms. The number of aliphatic hydroxyl groups is 1. The molecular formula is C15H16BrN3O. The number of aromatic nitrogens is 2. The Morgan fingerprint density at radius 1 is 1.25 bits per heavy atom. The summed E-state index contributed by atoms with van der Waals surface area (Å²) in [5, 5.41) is 13.3. The molecule has 0 spiro atoms. The van der Waals surface area contributed by atoms with Crippen LogP contribution in [-0.2, 0) is 0 Å². The van der Waals surface area contributed by atoms with Crippen LogP contribution in [0.4, 0.5) is 5.82 Å². The van der Waals surface area contributed by atoms with E-state index in [9.17, 15) is 5.11 Å². The number of nitrogens with zero attached hydrogens (tertiary/aromatic N) is 2. The summed E-state index contributed by atoms with van der Waals surface area (Å²) in [4.78, 5) is 8.88. The van der Waals surface area contributed by atoms with Crippen molar-refractivity contribution >= 4 is 21.7 Å². The molecule has 3 rings (SSSR count). The average molecular weight is 334 g/mol. The summed E-state index contributed by atoms with van der Waals surface area (Å²) in [5.74, 6) is 2.15. The molecule has 1 aromatic carbocycles. The molecule has 1 atom stereocenters. The van der Waals surface area contributed by atoms with Crippen molar-refractivity contribution in [2.45, 2.75) is 24.9 Å². The highest BCUT2D eigenvalue weighted by atomic mass is 79.9. The van der Waals surface area contributed by atoms with E-state index >= 15 is 0 Å². The normalized spacial score (nSPS) is 15.9. The third-order valence-electron chi connectivity index (χ3n) is 3.32. The van der Waals surface area contributed by atoms with Gasteiger partial charge in [0.25, 0.3) is 0 Å². The molecule has 0 aliphatic heterocycles. The summed E-state index contributed by atoms with van der Waals surface area (Å²) in [6, 6.07) is 11.4. The molecule has 1 aliphatic rings. The van der Waals surface area contributed by atoms with Gasteiger partial charge in [-0.1, -0.05) is 30.3 Å². The third-order valence-corrected chi connectivity index (χ3v) is 3.72. The zero-order valence-electron chi connectivity index (χ0n) is 11.0. The van der Waals surface area contributed by atoms with Gasteiger partial charge in [-0.3, -0.25) is 0 Å². The van der Waals surface area contributed by atoms with Crippen molar-refractivity contribution in [3.63, 3.8) is 0 Å². The summed E-state index contributed by atoms with van der Waals surface area (Å²) in [5.41, 5.74) is 0.899. The zero-order valence-corrected chi connectivity index (χ0v) is 12.5. The SMILES string of the molecule is OC(CNc1cc(Br)nc(C2CC2)n1)c1ccccc1. The van der Waals surface area contributed by atoms with E-state index in [1.165, 1.54) is 12.8 Å². The molecule has 0 radical (unpaired) electrons. The lowest BCUT2D eigenvalue weighted by Crippen LogP contribution is -2.13. The topological polar surface area (TPSA) is 58.0 Å². The van der Waals surface area contributed by atoms with E-state index in [1.807, 2.05) is 36.4 Å². The first kappa shape index (κ1) is 13.5. The zero-order chi connectivity index (χ0) is 13.9. The first-order chi connectivity index (χ1) is 9.72. The minimum atomic E-state index is -0.547. The lowest BCUT2D eigenvalue weighted by atomic mass is 10.1. The van der Waals surface area contributed by atoms with Crippen molar-refractivity contribution in [3.05, 3.63) is 52.4 Å². The van der Waals surface area contributed by atoms with E-state index in [1.54, 1.807) is 0 Å². The first-order valence-electron chi connectivity index (χ1n) is 6.74. The largest absolute Gasteiger partial charge is 0.387 e. The van der Waals surface area contributed by atoms with Crippen LogP contribution in [-0.4, -0.2) is 21.6 Å². The minimum Gasteiger partial charge on any atom is -0.387 e. The summed E-state index contributed by atoms with van der Waals surface area (Å²) in [7, 11) is 0. The lowest BCUT2D eigenvalue weighted by molar-refractivity contribution is 0.191. The molecule has 2 N–H and O–H groups in total. The second-order valence-corrected chi connectivity index (χ2v) is 5.83. The number of aliphatic hydroxyl groups excluding tert-OH is 1. The van der Waals surface area contributed by atoms with E-state index in [-0.39, 0.29) is 0 Å². The van der Waals surface area contributed by atoms with Gasteiger partial charge in [0, 0.05) is 18.5 Å². The maximum absolute atomic E-state index is 10.1. The van der Waals surface area contributed by atoms with Gasteiger partial charge in [0.05, 0.1) is 6.10 Å². The maximum atomic E-state index is 10.1. The lowest BCUT2D eigenvalue weighted by Gasteiger charge is -2.13. The van der Waals surface area contributed by atoms with E-state index in [0.717, 1.165) is 21.8 Å². The molecule has 1 aliphatic carbocycles. The summed E-state index contributed by atoms with van der Waals surface area (Å²) >= 11 is 3.41. The predicted molar refractivity (Wildman–Crippen MR) is 81.6 cm³/mol. The quantitative estimate of drug-likeness (QED) is 0.824. The highest BCUT2D eigenvalue weighted by Crippen LogP contribution is 2.38. The fraction of sp³-hybridized carbons (Fsp3) is 0.333. The van der Waals surface area contributed by atoms with E-state index < -0.39 is 6.10 Å². The Balaban J connectivity index is 1.66. The molecule has 1 fully saturated rings. The van der Waals surface area contributed by atoms with Crippen molar-refractivity contribution < 1.29 is 5.11 Å². The van der Waals surface area contributed by atoms with Gasteiger partial charge < -0.3 is 10.4 Å². The van der Waals surface area contributed by atoms with Crippen LogP contribution in [0.3, 0.4) is 0 Å². The van der Waals surface area contributed by atoms with Crippen LogP contribution in [0.1, 0.15) is 36.3 Å². The fourth-order valence-corrected chi connectivity index (χ4v) is 2.44. The molecule has 1 saturated carbocycles. The van der Waals surface area contributed by atoms with E-state index in [4.69, 9.17) is 0 Å². The van der Waals surface area contributed by atoms with Crippen LogP contribution in [0.2, 0.25) is 0 Å². The third kappa shape index (κ3) is 3.35. The smallest absolute Gasteiger partial charge is 0.135 e. The Bertz CT molecular complexity index is 587. The van der Waals surface area contributed by atoms with Crippen molar-refractivity contribution in [1.82, 2.24) is 9.97 Å². The average Bonchev–Trinajstić information content (AvgIpc) is 3.30. The predicted octanol–water partition coefficient (Wildman–Crippen LogP) is 3.26. The second-order valence-electron chi connectivity index (χ2n) is 5.02. The van der Waals surface area contributed by atoms with Crippen LogP contribution in [0.15, 0.2) is 41.0 Å². The van der Waals surface area contributed by atoms with Crippen LogP contribution < -0.4 is 5.32 Å². The molecule has 1 heterocycles. The van der Waals surface area contributed by atoms with Gasteiger partial charge in [0.15, 0.2) is 0 Å². The van der Waals surface area contributed by atoms with Crippen LogP contribution in [0, 0.1) is 0 Å². The Labute approximate surface area is 126 Å². The van der Waals surface area contributed by atoms with Gasteiger partial charge in [-0.25, -0.2) is 9.97 Å². The number of nitrogens with one attached hydrogen (secondary N) is 1. The second kappa shape index (κ2) is 5.89. The number of rotatable bonds is 5. The summed E-state index contributed by atoms with van der Waals surface area (Å²) in [6.45, 7) is 0.428. The summed E-state index contributed by atoms with van der Waals surface area (Å²) in [6.07, 6.45) is 1.79. The van der Waals surface area contributed by atoms with Crippen molar-refractivity contribution in [2.24, 2.45) is 0 Å². The standard InChI is InChI=1S/C15H16BrN3O/c16-13-8-14(19-15(18-13)11-6-7-11)17-9-12(20)10-4-2-1-3-5-10/h1-5,8,11-12,20H,6-7,9H2,(H,17,18,19). The molecule has 1 unspecified atom stereocenters. The molecule has 20 heavy (non-hydrogen) atoms. The Morgan fingerprint density at radius 3 is 2.70 bits per heavy atom. The minimum absolute atomic E-state index is 0.428. The Hall–Kier alpha value is -1.46. The van der Waals surface area contributed by atoms with Gasteiger partial charge in [-0.05, 0) is 34.3 Å². The summed E-state index contributed by atoms with van der Waals surface area (Å²) < 4.78 is 0.783. The maximum Gasteiger partial charge on any atom is 0.135 e. The molecule has 104 valence electrons. The Morgan fingerprint density at radius 2 is 2.00 bits per heavy atom. The number of halogens is 1. The van der Waals surface area contributed by atoms with Gasteiger partial charge >= 0.3 is 0 Å². The van der Waals surface area contributed by atoms with E-state index in [2.05, 4.69) is 31.2 Å². The molecule has 2 aromatic rings. The van der Waals surface area contributed by atoms with Crippen LogP contribution in [0.25, 0.3) is 0 Å². The molecule has 1 aromatic heterocycles. The highest BCUT2D eigenvalue weighted by Gasteiger charge is 2.27. The molecule has 0 amide bonds. The van der Waals surface area contributed by atoms with Gasteiger partial charge in [0.2, 0.25) is 0 Å². The first-order valence-corrected chi connectivity index (χ1v) is 7.53. The number of benzene rings is 1. The van der Waals surface area contributed by atoms with Crippen LogP contribution in [0.5, 0.6) is 0 Å². The van der Waals surface area contributed by atoms with Gasteiger partial charge in [-0.2, -0.15) is 0 Å². The number of anilines is 1. The van der Waals surface area contributed by atoms with E-state index in [0.29, 0.717) is 12.5 Å². The molecular weight excluding hydrogens is 318 g/mol.